The minimum atomic E-state index is 0.0694. The van der Waals surface area contributed by atoms with Crippen LogP contribution in [0.1, 0.15) is 23.9 Å². The van der Waals surface area contributed by atoms with Crippen LogP contribution in [0.25, 0.3) is 0 Å². The van der Waals surface area contributed by atoms with Crippen molar-refractivity contribution in [3.05, 3.63) is 17.0 Å². The average molecular weight is 163 g/mol. The zero-order valence-electron chi connectivity index (χ0n) is 7.68. The molecule has 0 aliphatic rings. The summed E-state index contributed by atoms with van der Waals surface area (Å²) in [5.74, 6) is 0.0694. The van der Waals surface area contributed by atoms with Gasteiger partial charge in [0.15, 0.2) is 0 Å². The average Bonchev–Trinajstić information content (AvgIpc) is 2.35. The Bertz CT molecular complexity index is 287. The first-order chi connectivity index (χ1) is 5.65. The molecule has 3 heteroatoms. The molecule has 0 saturated heterocycles. The van der Waals surface area contributed by atoms with Crippen molar-refractivity contribution in [1.29, 1.82) is 5.26 Å². The van der Waals surface area contributed by atoms with Gasteiger partial charge in [-0.15, -0.1) is 0 Å². The third-order valence-corrected chi connectivity index (χ3v) is 2.01. The van der Waals surface area contributed by atoms with E-state index in [1.807, 2.05) is 20.8 Å². The lowest BCUT2D eigenvalue weighted by Gasteiger charge is -2.01. The third kappa shape index (κ3) is 1.65. The van der Waals surface area contributed by atoms with Crippen LogP contribution in [0.5, 0.6) is 0 Å². The van der Waals surface area contributed by atoms with E-state index in [0.29, 0.717) is 0 Å². The lowest BCUT2D eigenvalue weighted by Crippen LogP contribution is -1.98. The van der Waals surface area contributed by atoms with Gasteiger partial charge >= 0.3 is 0 Å². The first-order valence-electron chi connectivity index (χ1n) is 4.05. The van der Waals surface area contributed by atoms with E-state index < -0.39 is 0 Å². The maximum absolute atomic E-state index is 8.63. The number of aromatic nitrogens is 2. The zero-order chi connectivity index (χ0) is 9.14. The van der Waals surface area contributed by atoms with Gasteiger partial charge in [-0.1, -0.05) is 0 Å². The molecule has 3 nitrogen and oxygen atoms in total. The Morgan fingerprint density at radius 2 is 2.25 bits per heavy atom. The minimum Gasteiger partial charge on any atom is -0.282 e. The number of hydrogen-bond donors (Lipinski definition) is 1. The van der Waals surface area contributed by atoms with Crippen molar-refractivity contribution in [3.8, 4) is 6.07 Å². The molecule has 0 saturated carbocycles. The fourth-order valence-electron chi connectivity index (χ4n) is 1.23. The monoisotopic (exact) mass is 163 g/mol. The second-order valence-corrected chi connectivity index (χ2v) is 3.15. The Kier molecular flexibility index (Phi) is 2.49. The second-order valence-electron chi connectivity index (χ2n) is 3.15. The SMILES string of the molecule is Cc1n[nH]c(C)c1CC(C)C#N. The van der Waals surface area contributed by atoms with E-state index in [-0.39, 0.29) is 5.92 Å². The summed E-state index contributed by atoms with van der Waals surface area (Å²) in [7, 11) is 0. The number of hydrogen-bond acceptors (Lipinski definition) is 2. The molecule has 1 aromatic rings. The summed E-state index contributed by atoms with van der Waals surface area (Å²) in [6.07, 6.45) is 0.796. The van der Waals surface area contributed by atoms with Gasteiger partial charge in [-0.3, -0.25) is 5.10 Å². The van der Waals surface area contributed by atoms with Crippen LogP contribution >= 0.6 is 0 Å². The number of nitrogens with zero attached hydrogens (tertiary/aromatic N) is 2. The molecule has 0 aliphatic heterocycles. The summed E-state index contributed by atoms with van der Waals surface area (Å²) >= 11 is 0. The van der Waals surface area contributed by atoms with E-state index >= 15 is 0 Å². The van der Waals surface area contributed by atoms with Crippen LogP contribution in [0, 0.1) is 31.1 Å². The standard InChI is InChI=1S/C9H13N3/c1-6(5-10)4-9-7(2)11-12-8(9)3/h6H,4H2,1-3H3,(H,11,12). The van der Waals surface area contributed by atoms with Crippen LogP contribution in [0.2, 0.25) is 0 Å². The van der Waals surface area contributed by atoms with E-state index in [1.165, 1.54) is 5.56 Å². The third-order valence-electron chi connectivity index (χ3n) is 2.01. The van der Waals surface area contributed by atoms with Crippen molar-refractivity contribution in [3.63, 3.8) is 0 Å². The summed E-state index contributed by atoms with van der Waals surface area (Å²) in [4.78, 5) is 0. The molecular weight excluding hydrogens is 150 g/mol. The molecule has 0 spiro atoms. The fraction of sp³-hybridized carbons (Fsp3) is 0.556. The summed E-state index contributed by atoms with van der Waals surface area (Å²) < 4.78 is 0. The molecule has 0 aromatic carbocycles. The van der Waals surface area contributed by atoms with Gasteiger partial charge in [0.2, 0.25) is 0 Å². The number of aryl methyl sites for hydroxylation is 2. The normalized spacial score (nSPS) is 12.5. The van der Waals surface area contributed by atoms with E-state index in [1.54, 1.807) is 0 Å². The molecule has 64 valence electrons. The number of nitriles is 1. The van der Waals surface area contributed by atoms with Crippen LogP contribution in [0.3, 0.4) is 0 Å². The predicted octanol–water partition coefficient (Wildman–Crippen LogP) is 1.73. The van der Waals surface area contributed by atoms with Crippen LogP contribution in [-0.2, 0) is 6.42 Å². The summed E-state index contributed by atoms with van der Waals surface area (Å²) in [6, 6.07) is 2.22. The molecule has 0 radical (unpaired) electrons. The highest BCUT2D eigenvalue weighted by Gasteiger charge is 2.09. The van der Waals surface area contributed by atoms with Gasteiger partial charge in [-0.2, -0.15) is 10.4 Å². The van der Waals surface area contributed by atoms with Crippen molar-refractivity contribution >= 4 is 0 Å². The first-order valence-corrected chi connectivity index (χ1v) is 4.05. The molecular formula is C9H13N3. The Balaban J connectivity index is 2.82. The van der Waals surface area contributed by atoms with Crippen molar-refractivity contribution in [2.75, 3.05) is 0 Å². The molecule has 12 heavy (non-hydrogen) atoms. The molecule has 1 N–H and O–H groups in total. The zero-order valence-corrected chi connectivity index (χ0v) is 7.68. The Morgan fingerprint density at radius 1 is 1.58 bits per heavy atom. The number of aromatic amines is 1. The number of nitrogens with one attached hydrogen (secondary N) is 1. The molecule has 1 aromatic heterocycles. The van der Waals surface area contributed by atoms with Gasteiger partial charge in [0.25, 0.3) is 0 Å². The van der Waals surface area contributed by atoms with Crippen molar-refractivity contribution in [2.24, 2.45) is 5.92 Å². The van der Waals surface area contributed by atoms with E-state index in [4.69, 9.17) is 5.26 Å². The first kappa shape index (κ1) is 8.79. The van der Waals surface area contributed by atoms with Crippen molar-refractivity contribution in [1.82, 2.24) is 10.2 Å². The van der Waals surface area contributed by atoms with Gasteiger partial charge < -0.3 is 0 Å². The Morgan fingerprint density at radius 3 is 2.67 bits per heavy atom. The fourth-order valence-corrected chi connectivity index (χ4v) is 1.23. The van der Waals surface area contributed by atoms with E-state index in [9.17, 15) is 0 Å². The van der Waals surface area contributed by atoms with Gasteiger partial charge in [0.05, 0.1) is 11.8 Å². The largest absolute Gasteiger partial charge is 0.282 e. The predicted molar refractivity (Wildman–Crippen MR) is 46.5 cm³/mol. The maximum Gasteiger partial charge on any atom is 0.0656 e. The van der Waals surface area contributed by atoms with Crippen LogP contribution in [0.15, 0.2) is 0 Å². The molecule has 0 amide bonds. The summed E-state index contributed by atoms with van der Waals surface area (Å²) in [6.45, 7) is 5.87. The van der Waals surface area contributed by atoms with Crippen molar-refractivity contribution < 1.29 is 0 Å². The lowest BCUT2D eigenvalue weighted by atomic mass is 10.0. The Labute approximate surface area is 72.4 Å². The molecule has 0 fully saturated rings. The topological polar surface area (TPSA) is 52.5 Å². The smallest absolute Gasteiger partial charge is 0.0656 e. The molecule has 1 heterocycles. The van der Waals surface area contributed by atoms with Crippen LogP contribution < -0.4 is 0 Å². The highest BCUT2D eigenvalue weighted by Crippen LogP contribution is 2.14. The van der Waals surface area contributed by atoms with Crippen LogP contribution in [0.4, 0.5) is 0 Å². The minimum absolute atomic E-state index is 0.0694. The molecule has 0 bridgehead atoms. The van der Waals surface area contributed by atoms with Crippen LogP contribution in [-0.4, -0.2) is 10.2 Å². The van der Waals surface area contributed by atoms with Gasteiger partial charge in [0.1, 0.15) is 0 Å². The number of rotatable bonds is 2. The Hall–Kier alpha value is -1.30. The van der Waals surface area contributed by atoms with Gasteiger partial charge in [0, 0.05) is 11.6 Å². The van der Waals surface area contributed by atoms with Crippen molar-refractivity contribution in [2.45, 2.75) is 27.2 Å². The summed E-state index contributed by atoms with van der Waals surface area (Å²) in [5.41, 5.74) is 3.27. The van der Waals surface area contributed by atoms with E-state index in [2.05, 4.69) is 16.3 Å². The van der Waals surface area contributed by atoms with E-state index in [0.717, 1.165) is 17.8 Å². The maximum atomic E-state index is 8.63. The molecule has 1 unspecified atom stereocenters. The molecule has 1 atom stereocenters. The quantitative estimate of drug-likeness (QED) is 0.721. The second kappa shape index (κ2) is 3.40. The summed E-state index contributed by atoms with van der Waals surface area (Å²) in [5, 5.41) is 15.6. The molecule has 0 aliphatic carbocycles. The van der Waals surface area contributed by atoms with Gasteiger partial charge in [-0.25, -0.2) is 0 Å². The lowest BCUT2D eigenvalue weighted by molar-refractivity contribution is 0.732. The highest BCUT2D eigenvalue weighted by molar-refractivity contribution is 5.24. The molecule has 1 rings (SSSR count). The van der Waals surface area contributed by atoms with Gasteiger partial charge in [-0.05, 0) is 32.8 Å². The highest BCUT2D eigenvalue weighted by atomic mass is 15.1. The number of H-pyrrole nitrogens is 1.